The van der Waals surface area contributed by atoms with Crippen LogP contribution in [0.2, 0.25) is 0 Å². The molecule has 4 heteroatoms. The second-order valence-electron chi connectivity index (χ2n) is 1.53. The topological polar surface area (TPSA) is 35.5 Å². The minimum atomic E-state index is -0.0925. The lowest BCUT2D eigenvalue weighted by Crippen LogP contribution is -2.10. The Labute approximate surface area is 60.4 Å². The van der Waals surface area contributed by atoms with Gasteiger partial charge >= 0.3 is 0 Å². The van der Waals surface area contributed by atoms with Crippen LogP contribution in [0, 0.1) is 5.92 Å². The van der Waals surface area contributed by atoms with Crippen molar-refractivity contribution in [3.8, 4) is 0 Å². The van der Waals surface area contributed by atoms with E-state index >= 15 is 0 Å². The molecule has 0 amide bonds. The Bertz CT molecular complexity index is 95.3. The summed E-state index contributed by atoms with van der Waals surface area (Å²) in [6.07, 6.45) is 0.851. The molecule has 0 bridgehead atoms. The van der Waals surface area contributed by atoms with Gasteiger partial charge in [0.1, 0.15) is 6.29 Å². The number of hydrogen-bond donors (Lipinski definition) is 0. The molecule has 2 unspecified atom stereocenters. The molecule has 1 saturated heterocycles. The van der Waals surface area contributed by atoms with Crippen molar-refractivity contribution in [3.05, 3.63) is 0 Å². The first kappa shape index (κ1) is 6.44. The molecule has 1 fully saturated rings. The van der Waals surface area contributed by atoms with E-state index in [4.69, 9.17) is 0 Å². The SMILES string of the molecule is O=CC1COOC1I. The monoisotopic (exact) mass is 228 g/mol. The van der Waals surface area contributed by atoms with Crippen LogP contribution in [0.1, 0.15) is 0 Å². The summed E-state index contributed by atoms with van der Waals surface area (Å²) >= 11 is 2.02. The van der Waals surface area contributed by atoms with Gasteiger partial charge in [-0.3, -0.25) is 0 Å². The quantitative estimate of drug-likeness (QED) is 0.284. The van der Waals surface area contributed by atoms with Gasteiger partial charge < -0.3 is 4.79 Å². The van der Waals surface area contributed by atoms with E-state index in [1.54, 1.807) is 0 Å². The molecule has 1 rings (SSSR count). The first-order valence-electron chi connectivity index (χ1n) is 2.22. The highest BCUT2D eigenvalue weighted by molar-refractivity contribution is 14.1. The summed E-state index contributed by atoms with van der Waals surface area (Å²) in [5.41, 5.74) is 0. The highest BCUT2D eigenvalue weighted by Gasteiger charge is 2.26. The van der Waals surface area contributed by atoms with Crippen LogP contribution in [0.15, 0.2) is 0 Å². The van der Waals surface area contributed by atoms with Crippen LogP contribution in [0.25, 0.3) is 0 Å². The lowest BCUT2D eigenvalue weighted by Gasteiger charge is -1.96. The maximum atomic E-state index is 10.1. The predicted octanol–water partition coefficient (Wildman–Crippen LogP) is 0.524. The number of aldehydes is 1. The van der Waals surface area contributed by atoms with Gasteiger partial charge in [-0.2, -0.15) is 0 Å². The van der Waals surface area contributed by atoms with E-state index in [0.717, 1.165) is 6.29 Å². The first-order chi connectivity index (χ1) is 3.84. The van der Waals surface area contributed by atoms with Gasteiger partial charge in [0.2, 0.25) is 0 Å². The lowest BCUT2D eigenvalue weighted by atomic mass is 10.2. The van der Waals surface area contributed by atoms with Crippen molar-refractivity contribution in [2.45, 2.75) is 4.11 Å². The van der Waals surface area contributed by atoms with E-state index in [-0.39, 0.29) is 10.0 Å². The van der Waals surface area contributed by atoms with E-state index in [1.807, 2.05) is 22.6 Å². The van der Waals surface area contributed by atoms with Gasteiger partial charge in [0, 0.05) is 0 Å². The molecule has 0 radical (unpaired) electrons. The second kappa shape index (κ2) is 2.75. The fraction of sp³-hybridized carbons (Fsp3) is 0.750. The molecule has 0 N–H and O–H groups in total. The Morgan fingerprint density at radius 3 is 2.75 bits per heavy atom. The molecule has 0 aromatic heterocycles. The van der Waals surface area contributed by atoms with Crippen LogP contribution in [0.3, 0.4) is 0 Å². The summed E-state index contributed by atoms with van der Waals surface area (Å²) in [6, 6.07) is 0. The molecular weight excluding hydrogens is 223 g/mol. The van der Waals surface area contributed by atoms with Gasteiger partial charge in [-0.05, 0) is 22.6 Å². The Hall–Kier alpha value is 0.320. The first-order valence-corrected chi connectivity index (χ1v) is 3.47. The number of carbonyl (C=O) groups is 1. The molecule has 46 valence electrons. The predicted molar refractivity (Wildman–Crippen MR) is 34.4 cm³/mol. The molecule has 0 aromatic rings. The van der Waals surface area contributed by atoms with Crippen molar-refractivity contribution in [2.24, 2.45) is 5.92 Å². The van der Waals surface area contributed by atoms with Crippen molar-refractivity contribution in [3.63, 3.8) is 0 Å². The summed E-state index contributed by atoms with van der Waals surface area (Å²) in [6.45, 7) is 0.400. The molecule has 3 nitrogen and oxygen atoms in total. The van der Waals surface area contributed by atoms with E-state index < -0.39 is 0 Å². The van der Waals surface area contributed by atoms with Crippen molar-refractivity contribution in [1.82, 2.24) is 0 Å². The number of halogens is 1. The van der Waals surface area contributed by atoms with E-state index in [0.29, 0.717) is 6.61 Å². The average molecular weight is 228 g/mol. The molecule has 1 aliphatic rings. The summed E-state index contributed by atoms with van der Waals surface area (Å²) in [4.78, 5) is 19.2. The third kappa shape index (κ3) is 1.18. The number of alkyl halides is 1. The highest BCUT2D eigenvalue weighted by atomic mass is 127. The van der Waals surface area contributed by atoms with E-state index in [9.17, 15) is 4.79 Å². The molecule has 2 atom stereocenters. The van der Waals surface area contributed by atoms with Crippen LogP contribution in [0.4, 0.5) is 0 Å². The fourth-order valence-electron chi connectivity index (χ4n) is 0.431. The van der Waals surface area contributed by atoms with Gasteiger partial charge in [0.15, 0.2) is 4.11 Å². The standard InChI is InChI=1S/C4H5IO3/c5-4-3(1-6)2-7-8-4/h1,3-4H,2H2. The average Bonchev–Trinajstić information content (AvgIpc) is 2.14. The zero-order chi connectivity index (χ0) is 5.98. The molecule has 1 aliphatic heterocycles. The highest BCUT2D eigenvalue weighted by Crippen LogP contribution is 2.20. The van der Waals surface area contributed by atoms with E-state index in [1.165, 1.54) is 0 Å². The number of carbonyl (C=O) groups excluding carboxylic acids is 1. The number of rotatable bonds is 1. The summed E-state index contributed by atoms with van der Waals surface area (Å²) < 4.78 is -0.0925. The van der Waals surface area contributed by atoms with Gasteiger partial charge in [-0.25, -0.2) is 9.78 Å². The van der Waals surface area contributed by atoms with Crippen molar-refractivity contribution >= 4 is 28.9 Å². The zero-order valence-corrected chi connectivity index (χ0v) is 6.20. The van der Waals surface area contributed by atoms with Gasteiger partial charge in [-0.15, -0.1) is 0 Å². The molecule has 1 heterocycles. The zero-order valence-electron chi connectivity index (χ0n) is 4.04. The number of hydrogen-bond acceptors (Lipinski definition) is 3. The fourth-order valence-corrected chi connectivity index (χ4v) is 0.955. The Kier molecular flexibility index (Phi) is 2.21. The van der Waals surface area contributed by atoms with Crippen LogP contribution in [0.5, 0.6) is 0 Å². The summed E-state index contributed by atoms with van der Waals surface area (Å²) in [5, 5.41) is 0. The molecule has 0 aliphatic carbocycles. The van der Waals surface area contributed by atoms with Crippen LogP contribution >= 0.6 is 22.6 Å². The summed E-state index contributed by atoms with van der Waals surface area (Å²) in [5.74, 6) is -0.0735. The third-order valence-electron chi connectivity index (χ3n) is 0.932. The molecule has 0 spiro atoms. The molecule has 0 aromatic carbocycles. The minimum Gasteiger partial charge on any atom is -0.303 e. The van der Waals surface area contributed by atoms with E-state index in [2.05, 4.69) is 9.78 Å². The second-order valence-corrected chi connectivity index (χ2v) is 2.76. The maximum Gasteiger partial charge on any atom is 0.155 e. The summed E-state index contributed by atoms with van der Waals surface area (Å²) in [7, 11) is 0. The van der Waals surface area contributed by atoms with Crippen LogP contribution < -0.4 is 0 Å². The van der Waals surface area contributed by atoms with Crippen molar-refractivity contribution in [2.75, 3.05) is 6.61 Å². The third-order valence-corrected chi connectivity index (χ3v) is 2.06. The Balaban J connectivity index is 2.41. The normalized spacial score (nSPS) is 37.6. The van der Waals surface area contributed by atoms with Gasteiger partial charge in [0.25, 0.3) is 0 Å². The van der Waals surface area contributed by atoms with Gasteiger partial charge in [-0.1, -0.05) is 0 Å². The molecular formula is C4H5IO3. The minimum absolute atomic E-state index is 0.0735. The van der Waals surface area contributed by atoms with Crippen LogP contribution in [-0.2, 0) is 14.6 Å². The Morgan fingerprint density at radius 2 is 2.50 bits per heavy atom. The maximum absolute atomic E-state index is 10.1. The molecule has 8 heavy (non-hydrogen) atoms. The van der Waals surface area contributed by atoms with Crippen molar-refractivity contribution in [1.29, 1.82) is 0 Å². The molecule has 0 saturated carbocycles. The lowest BCUT2D eigenvalue weighted by molar-refractivity contribution is -0.252. The largest absolute Gasteiger partial charge is 0.303 e. The smallest absolute Gasteiger partial charge is 0.155 e. The van der Waals surface area contributed by atoms with Crippen molar-refractivity contribution < 1.29 is 14.6 Å². The van der Waals surface area contributed by atoms with Gasteiger partial charge in [0.05, 0.1) is 12.5 Å². The van der Waals surface area contributed by atoms with Crippen LogP contribution in [-0.4, -0.2) is 17.0 Å². The Morgan fingerprint density at radius 1 is 1.75 bits per heavy atom.